The van der Waals surface area contributed by atoms with Gasteiger partial charge in [-0.3, -0.25) is 9.59 Å². The number of Topliss-reactive ketones (excluding diaryl/α,β-unsaturated/α-hetero) is 1. The van der Waals surface area contributed by atoms with Gasteiger partial charge >= 0.3 is 0 Å². The molecule has 4 nitrogen and oxygen atoms in total. The predicted octanol–water partition coefficient (Wildman–Crippen LogP) is 4.23. The molecule has 1 N–H and O–H groups in total. The molecular formula is C21H22N2O2. The smallest absolute Gasteiger partial charge is 0.296 e. The highest BCUT2D eigenvalue weighted by molar-refractivity contribution is 6.48. The van der Waals surface area contributed by atoms with Gasteiger partial charge in [0.15, 0.2) is 0 Å². The molecule has 0 radical (unpaired) electrons. The normalized spacial score (nSPS) is 10.9. The highest BCUT2D eigenvalue weighted by atomic mass is 16.2. The van der Waals surface area contributed by atoms with Gasteiger partial charge in [-0.25, -0.2) is 0 Å². The Bertz CT molecular complexity index is 989. The number of amides is 1. The van der Waals surface area contributed by atoms with E-state index in [9.17, 15) is 9.59 Å². The first-order valence-electron chi connectivity index (χ1n) is 8.28. The van der Waals surface area contributed by atoms with Crippen molar-refractivity contribution >= 4 is 28.3 Å². The molecule has 0 unspecified atom stereocenters. The van der Waals surface area contributed by atoms with Gasteiger partial charge in [0.2, 0.25) is 0 Å². The van der Waals surface area contributed by atoms with Crippen molar-refractivity contribution < 1.29 is 9.59 Å². The summed E-state index contributed by atoms with van der Waals surface area (Å²) < 4.78 is 1.94. The van der Waals surface area contributed by atoms with Crippen LogP contribution in [0.5, 0.6) is 0 Å². The Balaban J connectivity index is 2.00. The van der Waals surface area contributed by atoms with Crippen LogP contribution < -0.4 is 5.32 Å². The Morgan fingerprint density at radius 2 is 1.56 bits per heavy atom. The Labute approximate surface area is 147 Å². The fraction of sp³-hybridized carbons (Fsp3) is 0.238. The van der Waals surface area contributed by atoms with Crippen molar-refractivity contribution in [3.05, 3.63) is 64.3 Å². The molecule has 25 heavy (non-hydrogen) atoms. The molecule has 0 aliphatic carbocycles. The molecular weight excluding hydrogens is 312 g/mol. The van der Waals surface area contributed by atoms with E-state index in [2.05, 4.69) is 5.32 Å². The summed E-state index contributed by atoms with van der Waals surface area (Å²) in [6.07, 6.45) is 0. The van der Waals surface area contributed by atoms with E-state index >= 15 is 0 Å². The number of carbonyl (C=O) groups excluding carboxylic acids is 2. The predicted molar refractivity (Wildman–Crippen MR) is 101 cm³/mol. The first-order chi connectivity index (χ1) is 11.8. The van der Waals surface area contributed by atoms with Crippen LogP contribution in [0.3, 0.4) is 0 Å². The lowest BCUT2D eigenvalue weighted by molar-refractivity contribution is -0.112. The molecule has 0 saturated heterocycles. The average Bonchev–Trinajstić information content (AvgIpc) is 2.82. The van der Waals surface area contributed by atoms with E-state index in [0.29, 0.717) is 11.3 Å². The summed E-state index contributed by atoms with van der Waals surface area (Å²) in [5.74, 6) is -1.11. The maximum Gasteiger partial charge on any atom is 0.296 e. The fourth-order valence-corrected chi connectivity index (χ4v) is 3.47. The number of aryl methyl sites for hydroxylation is 4. The number of nitrogens with zero attached hydrogens (tertiary/aromatic N) is 1. The van der Waals surface area contributed by atoms with Gasteiger partial charge in [-0.1, -0.05) is 35.9 Å². The summed E-state index contributed by atoms with van der Waals surface area (Å²) in [6.45, 7) is 7.74. The first-order valence-corrected chi connectivity index (χ1v) is 8.28. The monoisotopic (exact) mass is 334 g/mol. The number of benzene rings is 2. The van der Waals surface area contributed by atoms with Crippen LogP contribution in [0, 0.1) is 27.7 Å². The Morgan fingerprint density at radius 1 is 0.960 bits per heavy atom. The van der Waals surface area contributed by atoms with Gasteiger partial charge < -0.3 is 9.88 Å². The highest BCUT2D eigenvalue weighted by Gasteiger charge is 2.24. The van der Waals surface area contributed by atoms with Gasteiger partial charge in [0.1, 0.15) is 0 Å². The summed E-state index contributed by atoms with van der Waals surface area (Å²) in [5, 5.41) is 3.61. The summed E-state index contributed by atoms with van der Waals surface area (Å²) in [5.41, 5.74) is 5.95. The van der Waals surface area contributed by atoms with Gasteiger partial charge in [0, 0.05) is 29.3 Å². The number of anilines is 1. The second-order valence-corrected chi connectivity index (χ2v) is 6.59. The molecule has 3 aromatic rings. The number of carbonyl (C=O) groups is 2. The van der Waals surface area contributed by atoms with Crippen LogP contribution in [0.2, 0.25) is 0 Å². The molecule has 0 fully saturated rings. The third-order valence-corrected chi connectivity index (χ3v) is 4.75. The lowest BCUT2D eigenvalue weighted by Gasteiger charge is -2.12. The van der Waals surface area contributed by atoms with Gasteiger partial charge in [0.05, 0.1) is 5.56 Å². The molecule has 0 bridgehead atoms. The molecule has 2 aromatic carbocycles. The second kappa shape index (κ2) is 6.20. The van der Waals surface area contributed by atoms with Gasteiger partial charge in [-0.05, 0) is 44.9 Å². The number of ketones is 1. The zero-order valence-corrected chi connectivity index (χ0v) is 15.2. The van der Waals surface area contributed by atoms with Crippen molar-refractivity contribution in [3.8, 4) is 0 Å². The van der Waals surface area contributed by atoms with Crippen molar-refractivity contribution in [3.63, 3.8) is 0 Å². The van der Waals surface area contributed by atoms with E-state index in [4.69, 9.17) is 0 Å². The fourth-order valence-electron chi connectivity index (χ4n) is 3.47. The molecule has 0 atom stereocenters. The van der Waals surface area contributed by atoms with Crippen LogP contribution in [-0.2, 0) is 11.8 Å². The lowest BCUT2D eigenvalue weighted by atomic mass is 10.0. The zero-order chi connectivity index (χ0) is 18.3. The molecule has 0 saturated carbocycles. The molecule has 0 spiro atoms. The topological polar surface area (TPSA) is 51.1 Å². The molecule has 1 amide bonds. The summed E-state index contributed by atoms with van der Waals surface area (Å²) >= 11 is 0. The molecule has 3 rings (SSSR count). The Kier molecular flexibility index (Phi) is 4.21. The first kappa shape index (κ1) is 17.0. The van der Waals surface area contributed by atoms with Crippen molar-refractivity contribution in [1.82, 2.24) is 4.57 Å². The third-order valence-electron chi connectivity index (χ3n) is 4.75. The number of nitrogens with one attached hydrogen (secondary N) is 1. The summed E-state index contributed by atoms with van der Waals surface area (Å²) in [4.78, 5) is 25.5. The molecule has 1 aromatic heterocycles. The minimum absolute atomic E-state index is 0.470. The quantitative estimate of drug-likeness (QED) is 0.575. The van der Waals surface area contributed by atoms with E-state index in [1.54, 1.807) is 0 Å². The summed E-state index contributed by atoms with van der Waals surface area (Å²) in [7, 11) is 1.90. The standard InChI is InChI=1S/C21H22N2O2/c1-12-10-13(2)19(14(3)11-12)22-21(25)20(24)18-15(4)23(5)17-9-7-6-8-16(17)18/h6-11H,1-5H3,(H,22,25). The van der Waals surface area contributed by atoms with E-state index in [1.165, 1.54) is 0 Å². The second-order valence-electron chi connectivity index (χ2n) is 6.59. The van der Waals surface area contributed by atoms with Crippen LogP contribution in [0.25, 0.3) is 10.9 Å². The number of hydrogen-bond donors (Lipinski definition) is 1. The van der Waals surface area contributed by atoms with Gasteiger partial charge in [0.25, 0.3) is 11.7 Å². The number of para-hydroxylation sites is 1. The van der Waals surface area contributed by atoms with Crippen LogP contribution in [-0.4, -0.2) is 16.3 Å². The maximum absolute atomic E-state index is 12.9. The van der Waals surface area contributed by atoms with Crippen LogP contribution >= 0.6 is 0 Å². The minimum Gasteiger partial charge on any atom is -0.347 e. The molecule has 4 heteroatoms. The van der Waals surface area contributed by atoms with E-state index in [1.807, 2.05) is 75.7 Å². The number of fused-ring (bicyclic) bond motifs is 1. The SMILES string of the molecule is Cc1cc(C)c(NC(=O)C(=O)c2c(C)n(C)c3ccccc23)c(C)c1. The molecule has 1 heterocycles. The highest BCUT2D eigenvalue weighted by Crippen LogP contribution is 2.26. The Hall–Kier alpha value is -2.88. The van der Waals surface area contributed by atoms with E-state index < -0.39 is 11.7 Å². The maximum atomic E-state index is 12.9. The van der Waals surface area contributed by atoms with Crippen molar-refractivity contribution in [1.29, 1.82) is 0 Å². The van der Waals surface area contributed by atoms with Crippen LogP contribution in [0.1, 0.15) is 32.7 Å². The largest absolute Gasteiger partial charge is 0.347 e. The van der Waals surface area contributed by atoms with Crippen molar-refractivity contribution in [2.75, 3.05) is 5.32 Å². The lowest BCUT2D eigenvalue weighted by Crippen LogP contribution is -2.24. The summed E-state index contributed by atoms with van der Waals surface area (Å²) in [6, 6.07) is 11.6. The van der Waals surface area contributed by atoms with Gasteiger partial charge in [-0.2, -0.15) is 0 Å². The van der Waals surface area contributed by atoms with Crippen LogP contribution in [0.15, 0.2) is 36.4 Å². The van der Waals surface area contributed by atoms with Crippen LogP contribution in [0.4, 0.5) is 5.69 Å². The molecule has 0 aliphatic rings. The van der Waals surface area contributed by atoms with E-state index in [0.717, 1.165) is 33.3 Å². The molecule has 0 aliphatic heterocycles. The third kappa shape index (κ3) is 2.84. The number of rotatable bonds is 3. The molecule has 128 valence electrons. The number of aromatic nitrogens is 1. The Morgan fingerprint density at radius 3 is 2.20 bits per heavy atom. The van der Waals surface area contributed by atoms with Crippen molar-refractivity contribution in [2.24, 2.45) is 7.05 Å². The minimum atomic E-state index is -0.602. The van der Waals surface area contributed by atoms with E-state index in [-0.39, 0.29) is 0 Å². The average molecular weight is 334 g/mol. The van der Waals surface area contributed by atoms with Gasteiger partial charge in [-0.15, -0.1) is 0 Å². The zero-order valence-electron chi connectivity index (χ0n) is 15.2. The number of hydrogen-bond acceptors (Lipinski definition) is 2. The van der Waals surface area contributed by atoms with Crippen molar-refractivity contribution in [2.45, 2.75) is 27.7 Å².